The van der Waals surface area contributed by atoms with Gasteiger partial charge in [0.05, 0.1) is 6.10 Å². The van der Waals surface area contributed by atoms with Crippen LogP contribution in [0.15, 0.2) is 36.0 Å². The number of carbonyl (C=O) groups is 1. The third-order valence-corrected chi connectivity index (χ3v) is 3.86. The molecule has 0 aromatic carbocycles. The van der Waals surface area contributed by atoms with E-state index in [4.69, 9.17) is 4.74 Å². The number of esters is 1. The fraction of sp³-hybridized carbons (Fsp3) is 0.533. The maximum atomic E-state index is 11.6. The van der Waals surface area contributed by atoms with E-state index in [2.05, 4.69) is 13.2 Å². The molecule has 0 unspecified atom stereocenters. The first-order chi connectivity index (χ1) is 8.49. The van der Waals surface area contributed by atoms with Crippen molar-refractivity contribution in [1.29, 1.82) is 0 Å². The van der Waals surface area contributed by atoms with Gasteiger partial charge in [0.1, 0.15) is 6.10 Å². The topological polar surface area (TPSA) is 46.5 Å². The van der Waals surface area contributed by atoms with Crippen LogP contribution in [0.3, 0.4) is 0 Å². The summed E-state index contributed by atoms with van der Waals surface area (Å²) >= 11 is 0. The molecular weight excluding hydrogens is 228 g/mol. The predicted molar refractivity (Wildman–Crippen MR) is 69.9 cm³/mol. The number of carbonyl (C=O) groups excluding carboxylic acids is 1. The van der Waals surface area contributed by atoms with Crippen molar-refractivity contribution in [3.63, 3.8) is 0 Å². The molecule has 1 saturated heterocycles. The van der Waals surface area contributed by atoms with Crippen molar-refractivity contribution in [2.24, 2.45) is 5.92 Å². The highest BCUT2D eigenvalue weighted by Gasteiger charge is 2.37. The summed E-state index contributed by atoms with van der Waals surface area (Å²) in [4.78, 5) is 11.6. The van der Waals surface area contributed by atoms with Gasteiger partial charge < -0.3 is 9.84 Å². The monoisotopic (exact) mass is 248 g/mol. The zero-order valence-electron chi connectivity index (χ0n) is 10.8. The Kier molecular flexibility index (Phi) is 3.71. The molecule has 0 amide bonds. The molecule has 0 bridgehead atoms. The minimum Gasteiger partial charge on any atom is -0.454 e. The maximum Gasteiger partial charge on any atom is 0.334 e. The van der Waals surface area contributed by atoms with E-state index in [1.165, 1.54) is 0 Å². The fourth-order valence-electron chi connectivity index (χ4n) is 2.56. The molecule has 1 aliphatic heterocycles. The van der Waals surface area contributed by atoms with Gasteiger partial charge in [0.2, 0.25) is 0 Å². The van der Waals surface area contributed by atoms with Gasteiger partial charge in [0.15, 0.2) is 0 Å². The molecule has 0 aromatic rings. The molecule has 0 saturated carbocycles. The number of aliphatic hydroxyl groups is 1. The number of hydrogen-bond donors (Lipinski definition) is 1. The zero-order chi connectivity index (χ0) is 13.3. The normalized spacial score (nSPS) is 36.7. The van der Waals surface area contributed by atoms with Crippen molar-refractivity contribution in [1.82, 2.24) is 0 Å². The Bertz CT molecular complexity index is 419. The van der Waals surface area contributed by atoms with Crippen molar-refractivity contribution >= 4 is 5.97 Å². The fourth-order valence-corrected chi connectivity index (χ4v) is 2.56. The van der Waals surface area contributed by atoms with Gasteiger partial charge in [-0.3, -0.25) is 0 Å². The third kappa shape index (κ3) is 2.56. The van der Waals surface area contributed by atoms with Crippen LogP contribution in [0.25, 0.3) is 0 Å². The average molecular weight is 248 g/mol. The van der Waals surface area contributed by atoms with E-state index in [9.17, 15) is 9.90 Å². The molecular formula is C15H20O3. The highest BCUT2D eigenvalue weighted by atomic mass is 16.5. The van der Waals surface area contributed by atoms with Crippen molar-refractivity contribution < 1.29 is 14.6 Å². The van der Waals surface area contributed by atoms with Crippen LogP contribution >= 0.6 is 0 Å². The van der Waals surface area contributed by atoms with E-state index >= 15 is 0 Å². The lowest BCUT2D eigenvalue weighted by atomic mass is 9.86. The Morgan fingerprint density at radius 1 is 1.33 bits per heavy atom. The lowest BCUT2D eigenvalue weighted by Gasteiger charge is -2.21. The molecule has 3 nitrogen and oxygen atoms in total. The Labute approximate surface area is 108 Å². The van der Waals surface area contributed by atoms with Gasteiger partial charge in [-0.15, -0.1) is 0 Å². The van der Waals surface area contributed by atoms with E-state index in [-0.39, 0.29) is 18.0 Å². The van der Waals surface area contributed by atoms with Gasteiger partial charge in [-0.25, -0.2) is 4.79 Å². The Morgan fingerprint density at radius 3 is 2.78 bits per heavy atom. The average Bonchev–Trinajstić information content (AvgIpc) is 2.58. The minimum atomic E-state index is -0.448. The lowest BCUT2D eigenvalue weighted by molar-refractivity contribution is -0.137. The number of fused-ring (bicyclic) bond motifs is 1. The SMILES string of the molecule is C=C1CC[C@@H]2C(=C)C(=O)O[C@@H]2/C=C(\C)CC[C@H]1O. The molecule has 1 N–H and O–H groups in total. The Morgan fingerprint density at radius 2 is 2.06 bits per heavy atom. The second-order valence-corrected chi connectivity index (χ2v) is 5.27. The molecule has 2 aliphatic rings. The quantitative estimate of drug-likeness (QED) is 0.407. The largest absolute Gasteiger partial charge is 0.454 e. The van der Waals surface area contributed by atoms with Gasteiger partial charge >= 0.3 is 5.97 Å². The minimum absolute atomic E-state index is 0.0227. The van der Waals surface area contributed by atoms with Crippen LogP contribution in [0.5, 0.6) is 0 Å². The lowest BCUT2D eigenvalue weighted by Crippen LogP contribution is -2.18. The molecule has 0 radical (unpaired) electrons. The summed E-state index contributed by atoms with van der Waals surface area (Å²) in [5, 5.41) is 9.93. The number of rotatable bonds is 0. The summed E-state index contributed by atoms with van der Waals surface area (Å²) in [6, 6.07) is 0. The first-order valence-corrected chi connectivity index (χ1v) is 6.42. The summed E-state index contributed by atoms with van der Waals surface area (Å²) in [7, 11) is 0. The molecule has 3 atom stereocenters. The highest BCUT2D eigenvalue weighted by molar-refractivity contribution is 5.91. The number of allylic oxidation sites excluding steroid dienone is 1. The summed E-state index contributed by atoms with van der Waals surface area (Å²) in [6.07, 6.45) is 4.33. The molecule has 1 aliphatic carbocycles. The van der Waals surface area contributed by atoms with Crippen molar-refractivity contribution in [2.45, 2.75) is 44.8 Å². The zero-order valence-corrected chi connectivity index (χ0v) is 10.8. The van der Waals surface area contributed by atoms with Crippen LogP contribution < -0.4 is 0 Å². The molecule has 1 fully saturated rings. The van der Waals surface area contributed by atoms with Crippen molar-refractivity contribution in [2.75, 3.05) is 0 Å². The van der Waals surface area contributed by atoms with Crippen LogP contribution in [-0.2, 0) is 9.53 Å². The molecule has 3 heteroatoms. The first kappa shape index (κ1) is 13.1. The standard InChI is InChI=1S/C15H20O3/c1-9-4-7-13(16)10(2)5-6-12-11(3)15(17)18-14(12)8-9/h8,12-14,16H,2-7H2,1H3/b9-8+/t12-,13-,14-/m1/s1. The first-order valence-electron chi connectivity index (χ1n) is 6.42. The van der Waals surface area contributed by atoms with Crippen LogP contribution in [0, 0.1) is 5.92 Å². The van der Waals surface area contributed by atoms with E-state index in [1.807, 2.05) is 13.0 Å². The molecule has 18 heavy (non-hydrogen) atoms. The second kappa shape index (κ2) is 5.11. The molecule has 2 rings (SSSR count). The van der Waals surface area contributed by atoms with Gasteiger partial charge in [-0.1, -0.05) is 18.7 Å². The van der Waals surface area contributed by atoms with Crippen LogP contribution in [0.1, 0.15) is 32.6 Å². The number of hydrogen-bond acceptors (Lipinski definition) is 3. The summed E-state index contributed by atoms with van der Waals surface area (Å²) < 4.78 is 5.33. The van der Waals surface area contributed by atoms with E-state index < -0.39 is 6.10 Å². The number of aliphatic hydroxyl groups excluding tert-OH is 1. The summed E-state index contributed by atoms with van der Waals surface area (Å²) in [5.74, 6) is -0.269. The van der Waals surface area contributed by atoms with Gasteiger partial charge in [-0.05, 0) is 44.3 Å². The van der Waals surface area contributed by atoms with Crippen LogP contribution in [0.2, 0.25) is 0 Å². The van der Waals surface area contributed by atoms with E-state index in [0.717, 1.165) is 24.0 Å². The van der Waals surface area contributed by atoms with E-state index in [1.54, 1.807) is 0 Å². The predicted octanol–water partition coefficient (Wildman–Crippen LogP) is 2.52. The van der Waals surface area contributed by atoms with Gasteiger partial charge in [0, 0.05) is 11.5 Å². The van der Waals surface area contributed by atoms with Crippen molar-refractivity contribution in [3.8, 4) is 0 Å². The van der Waals surface area contributed by atoms with Gasteiger partial charge in [0.25, 0.3) is 0 Å². The molecule has 1 heterocycles. The summed E-state index contributed by atoms with van der Waals surface area (Å²) in [6.45, 7) is 9.75. The van der Waals surface area contributed by atoms with Crippen LogP contribution in [-0.4, -0.2) is 23.3 Å². The maximum absolute atomic E-state index is 11.6. The van der Waals surface area contributed by atoms with Crippen molar-refractivity contribution in [3.05, 3.63) is 36.0 Å². The highest BCUT2D eigenvalue weighted by Crippen LogP contribution is 2.34. The number of ether oxygens (including phenoxy) is 1. The smallest absolute Gasteiger partial charge is 0.334 e. The second-order valence-electron chi connectivity index (χ2n) is 5.27. The molecule has 0 spiro atoms. The Balaban J connectivity index is 2.23. The third-order valence-electron chi connectivity index (χ3n) is 3.86. The van der Waals surface area contributed by atoms with Gasteiger partial charge in [-0.2, -0.15) is 0 Å². The summed E-state index contributed by atoms with van der Waals surface area (Å²) in [5.41, 5.74) is 2.53. The molecule has 98 valence electrons. The van der Waals surface area contributed by atoms with Crippen LogP contribution in [0.4, 0.5) is 0 Å². The Hall–Kier alpha value is -1.35. The molecule has 0 aromatic heterocycles. The van der Waals surface area contributed by atoms with E-state index in [0.29, 0.717) is 18.4 Å².